The molecule has 0 amide bonds. The zero-order valence-corrected chi connectivity index (χ0v) is 15.2. The lowest BCUT2D eigenvalue weighted by molar-refractivity contribution is 0.552. The first kappa shape index (κ1) is 18.0. The van der Waals surface area contributed by atoms with E-state index in [1.54, 1.807) is 0 Å². The van der Waals surface area contributed by atoms with Gasteiger partial charge in [-0.05, 0) is 32.1 Å². The van der Waals surface area contributed by atoms with Crippen LogP contribution in [0.3, 0.4) is 0 Å². The molecule has 0 aliphatic carbocycles. The normalized spacial score (nSPS) is 26.1. The molecule has 2 bridgehead atoms. The van der Waals surface area contributed by atoms with Gasteiger partial charge in [0.15, 0.2) is 9.84 Å². The average molecular weight is 327 g/mol. The second-order valence-electron chi connectivity index (χ2n) is 7.29. The van der Waals surface area contributed by atoms with Gasteiger partial charge in [0.1, 0.15) is 0 Å². The van der Waals surface area contributed by atoms with Crippen molar-refractivity contribution in [3.05, 3.63) is 11.6 Å². The lowest BCUT2D eigenvalue weighted by Gasteiger charge is -2.20. The van der Waals surface area contributed by atoms with Gasteiger partial charge in [0.05, 0.1) is 10.5 Å². The zero-order chi connectivity index (χ0) is 15.8. The molecule has 0 N–H and O–H groups in total. The summed E-state index contributed by atoms with van der Waals surface area (Å²) in [6.45, 7) is 2.27. The molecule has 1 fully saturated rings. The molecule has 0 saturated carbocycles. The van der Waals surface area contributed by atoms with Crippen LogP contribution in [0.2, 0.25) is 0 Å². The molecule has 0 spiro atoms. The Balaban J connectivity index is 1.50. The molecule has 0 aromatic rings. The van der Waals surface area contributed by atoms with Gasteiger partial charge in [0, 0.05) is 0 Å². The summed E-state index contributed by atoms with van der Waals surface area (Å²) < 4.78 is 24.0. The van der Waals surface area contributed by atoms with Gasteiger partial charge < -0.3 is 0 Å². The molecule has 0 radical (unpaired) electrons. The number of sulfone groups is 1. The predicted molar refractivity (Wildman–Crippen MR) is 94.9 cm³/mol. The Morgan fingerprint density at radius 3 is 2.09 bits per heavy atom. The fourth-order valence-electron chi connectivity index (χ4n) is 3.97. The van der Waals surface area contributed by atoms with Gasteiger partial charge in [0.25, 0.3) is 0 Å². The number of unbranched alkanes of at least 4 members (excludes halogenated alkanes) is 9. The minimum atomic E-state index is -2.79. The summed E-state index contributed by atoms with van der Waals surface area (Å²) >= 11 is 0. The molecule has 0 aromatic carbocycles. The Hall–Kier alpha value is -0.310. The van der Waals surface area contributed by atoms with Crippen molar-refractivity contribution in [1.82, 2.24) is 0 Å². The summed E-state index contributed by atoms with van der Waals surface area (Å²) in [5.41, 5.74) is 1.43. The van der Waals surface area contributed by atoms with Crippen molar-refractivity contribution in [3.63, 3.8) is 0 Å². The summed E-state index contributed by atoms with van der Waals surface area (Å²) in [5, 5.41) is -0.176. The molecule has 22 heavy (non-hydrogen) atoms. The summed E-state index contributed by atoms with van der Waals surface area (Å²) in [6.07, 6.45) is 19.5. The molecule has 128 valence electrons. The third-order valence-corrected chi connectivity index (χ3v) is 7.97. The molecule has 2 rings (SSSR count). The molecule has 2 unspecified atom stereocenters. The number of hydrogen-bond acceptors (Lipinski definition) is 2. The highest BCUT2D eigenvalue weighted by Gasteiger charge is 2.42. The van der Waals surface area contributed by atoms with E-state index in [0.717, 1.165) is 25.7 Å². The van der Waals surface area contributed by atoms with E-state index in [4.69, 9.17) is 0 Å². The van der Waals surface area contributed by atoms with Crippen molar-refractivity contribution in [1.29, 1.82) is 0 Å². The van der Waals surface area contributed by atoms with Gasteiger partial charge in [-0.3, -0.25) is 0 Å². The Kier molecular flexibility index (Phi) is 7.46. The van der Waals surface area contributed by atoms with Crippen molar-refractivity contribution < 1.29 is 8.42 Å². The van der Waals surface area contributed by atoms with Crippen molar-refractivity contribution >= 4 is 9.84 Å². The second kappa shape index (κ2) is 9.10. The van der Waals surface area contributed by atoms with E-state index >= 15 is 0 Å². The van der Waals surface area contributed by atoms with Gasteiger partial charge in [-0.2, -0.15) is 0 Å². The van der Waals surface area contributed by atoms with E-state index in [-0.39, 0.29) is 10.5 Å². The molecule has 0 aromatic heterocycles. The molecular weight excluding hydrogens is 292 g/mol. The number of rotatable bonds is 11. The van der Waals surface area contributed by atoms with E-state index in [2.05, 4.69) is 13.0 Å². The maximum atomic E-state index is 12.0. The van der Waals surface area contributed by atoms with Crippen LogP contribution in [0.25, 0.3) is 0 Å². The van der Waals surface area contributed by atoms with Gasteiger partial charge in [-0.15, -0.1) is 0 Å². The first-order chi connectivity index (χ1) is 10.6. The maximum absolute atomic E-state index is 12.0. The van der Waals surface area contributed by atoms with Crippen molar-refractivity contribution in [2.24, 2.45) is 0 Å². The fraction of sp³-hybridized carbons (Fsp3) is 0.895. The van der Waals surface area contributed by atoms with Crippen LogP contribution in [0.4, 0.5) is 0 Å². The predicted octanol–water partition coefficient (Wildman–Crippen LogP) is 5.57. The zero-order valence-electron chi connectivity index (χ0n) is 14.4. The molecule has 1 saturated heterocycles. The van der Waals surface area contributed by atoms with Gasteiger partial charge in [0.2, 0.25) is 0 Å². The average Bonchev–Trinajstić information content (AvgIpc) is 2.68. The first-order valence-corrected chi connectivity index (χ1v) is 11.2. The monoisotopic (exact) mass is 326 g/mol. The fourth-order valence-corrected chi connectivity index (χ4v) is 6.22. The molecule has 3 heteroatoms. The number of allylic oxidation sites excluding steroid dienone is 1. The SMILES string of the molecule is CCCCCCCCCCCCC1=CC2CCC(C1)S2(=O)=O. The van der Waals surface area contributed by atoms with Crippen LogP contribution in [0.5, 0.6) is 0 Å². The Morgan fingerprint density at radius 1 is 0.909 bits per heavy atom. The van der Waals surface area contributed by atoms with Crippen LogP contribution in [0.1, 0.15) is 96.8 Å². The van der Waals surface area contributed by atoms with Crippen LogP contribution < -0.4 is 0 Å². The second-order valence-corrected chi connectivity index (χ2v) is 9.74. The largest absolute Gasteiger partial charge is 0.228 e. The third-order valence-electron chi connectivity index (χ3n) is 5.42. The summed E-state index contributed by atoms with van der Waals surface area (Å²) in [4.78, 5) is 0. The van der Waals surface area contributed by atoms with E-state index in [1.807, 2.05) is 0 Å². The van der Waals surface area contributed by atoms with E-state index in [1.165, 1.54) is 69.8 Å². The van der Waals surface area contributed by atoms with Crippen molar-refractivity contribution in [2.45, 2.75) is 107 Å². The lowest BCUT2D eigenvalue weighted by atomic mass is 10.0. The molecule has 2 atom stereocenters. The van der Waals surface area contributed by atoms with Crippen LogP contribution in [-0.2, 0) is 9.84 Å². The number of hydrogen-bond donors (Lipinski definition) is 0. The van der Waals surface area contributed by atoms with Gasteiger partial charge in [-0.1, -0.05) is 76.4 Å². The molecule has 2 nitrogen and oxygen atoms in total. The topological polar surface area (TPSA) is 34.1 Å². The van der Waals surface area contributed by atoms with Crippen LogP contribution in [0, 0.1) is 0 Å². The smallest absolute Gasteiger partial charge is 0.159 e. The quantitative estimate of drug-likeness (QED) is 0.367. The number of fused-ring (bicyclic) bond motifs is 2. The molecule has 2 aliphatic rings. The molecule has 2 aliphatic heterocycles. The van der Waals surface area contributed by atoms with Crippen LogP contribution in [-0.4, -0.2) is 18.9 Å². The maximum Gasteiger partial charge on any atom is 0.159 e. The summed E-state index contributed by atoms with van der Waals surface area (Å²) in [6, 6.07) is 0. The summed E-state index contributed by atoms with van der Waals surface area (Å²) in [7, 11) is -2.79. The Morgan fingerprint density at radius 2 is 1.50 bits per heavy atom. The van der Waals surface area contributed by atoms with Gasteiger partial charge in [-0.25, -0.2) is 8.42 Å². The van der Waals surface area contributed by atoms with Gasteiger partial charge >= 0.3 is 0 Å². The molecular formula is C19H34O2S. The molecule has 2 heterocycles. The highest BCUT2D eigenvalue weighted by Crippen LogP contribution is 2.38. The highest BCUT2D eigenvalue weighted by atomic mass is 32.2. The Labute approximate surface area is 137 Å². The minimum Gasteiger partial charge on any atom is -0.228 e. The minimum absolute atomic E-state index is 0.0411. The highest BCUT2D eigenvalue weighted by molar-refractivity contribution is 7.93. The van der Waals surface area contributed by atoms with Crippen molar-refractivity contribution in [3.8, 4) is 0 Å². The van der Waals surface area contributed by atoms with E-state index in [0.29, 0.717) is 0 Å². The van der Waals surface area contributed by atoms with E-state index in [9.17, 15) is 8.42 Å². The first-order valence-electron chi connectivity index (χ1n) is 9.57. The lowest BCUT2D eigenvalue weighted by Crippen LogP contribution is -2.26. The third kappa shape index (κ3) is 5.11. The standard InChI is InChI=1S/C19H34O2S/c1-2-3-4-5-6-7-8-9-10-11-12-17-15-18-13-14-19(16-17)22(18,20)21/h15,18-19H,2-14,16H2,1H3. The van der Waals surface area contributed by atoms with Crippen LogP contribution in [0.15, 0.2) is 11.6 Å². The van der Waals surface area contributed by atoms with E-state index < -0.39 is 9.84 Å². The van der Waals surface area contributed by atoms with Crippen molar-refractivity contribution in [2.75, 3.05) is 0 Å². The summed E-state index contributed by atoms with van der Waals surface area (Å²) in [5.74, 6) is 0. The Bertz CT molecular complexity index is 450. The van der Waals surface area contributed by atoms with Crippen LogP contribution >= 0.6 is 0 Å².